The Hall–Kier alpha value is -3.93. The maximum Gasteiger partial charge on any atom is 0.522 e. The van der Waals surface area contributed by atoms with Gasteiger partial charge >= 0.3 is 12.5 Å². The molecule has 196 valence electrons. The van der Waals surface area contributed by atoms with Crippen LogP contribution in [0.25, 0.3) is 5.65 Å². The lowest BCUT2D eigenvalue weighted by Gasteiger charge is -2.19. The summed E-state index contributed by atoms with van der Waals surface area (Å²) in [6, 6.07) is 4.73. The normalized spacial score (nSPS) is 22.5. The third-order valence-electron chi connectivity index (χ3n) is 6.40. The number of alkyl carbamates (subject to hydrolysis) is 1. The number of carbonyl (C=O) groups excluding carboxylic acids is 1. The quantitative estimate of drug-likeness (QED) is 0.396. The van der Waals surface area contributed by atoms with Crippen molar-refractivity contribution in [3.63, 3.8) is 0 Å². The third kappa shape index (κ3) is 5.58. The van der Waals surface area contributed by atoms with E-state index in [9.17, 15) is 23.2 Å². The van der Waals surface area contributed by atoms with Crippen molar-refractivity contribution in [3.05, 3.63) is 35.4 Å². The van der Waals surface area contributed by atoms with Crippen LogP contribution in [0, 0.1) is 11.3 Å². The van der Waals surface area contributed by atoms with Crippen LogP contribution in [0.15, 0.2) is 18.3 Å². The molecule has 2 aliphatic rings. The van der Waals surface area contributed by atoms with E-state index < -0.39 is 37.3 Å². The second kappa shape index (κ2) is 9.18. The minimum Gasteiger partial charge on any atom is -0.443 e. The molecular formula is C22H22F4N8O3. The number of nitrogens with zero attached hydrogens (tertiary/aromatic N) is 5. The number of hydrogen-bond donors (Lipinski definition) is 3. The van der Waals surface area contributed by atoms with Gasteiger partial charge in [-0.05, 0) is 32.6 Å². The molecule has 3 heterocycles. The van der Waals surface area contributed by atoms with Crippen molar-refractivity contribution in [2.24, 2.45) is 0 Å². The van der Waals surface area contributed by atoms with Gasteiger partial charge in [0.25, 0.3) is 0 Å². The highest BCUT2D eigenvalue weighted by atomic mass is 19.4. The Balaban J connectivity index is 1.29. The summed E-state index contributed by atoms with van der Waals surface area (Å²) in [5.41, 5.74) is 0.306. The molecule has 3 aromatic heterocycles. The number of anilines is 2. The first-order valence-electron chi connectivity index (χ1n) is 11.5. The third-order valence-corrected chi connectivity index (χ3v) is 6.40. The maximum absolute atomic E-state index is 15.1. The van der Waals surface area contributed by atoms with E-state index >= 15 is 4.39 Å². The van der Waals surface area contributed by atoms with Crippen molar-refractivity contribution < 1.29 is 31.8 Å². The number of aromatic nitrogens is 5. The van der Waals surface area contributed by atoms with Crippen LogP contribution < -0.4 is 10.6 Å². The minimum absolute atomic E-state index is 0.0300. The Bertz CT molecular complexity index is 1360. The van der Waals surface area contributed by atoms with E-state index in [2.05, 4.69) is 35.5 Å². The fraction of sp³-hybridized carbons (Fsp3) is 0.500. The van der Waals surface area contributed by atoms with E-state index in [4.69, 9.17) is 4.74 Å². The van der Waals surface area contributed by atoms with Gasteiger partial charge in [-0.3, -0.25) is 14.2 Å². The maximum atomic E-state index is 15.1. The number of fused-ring (bicyclic) bond motifs is 1. The van der Waals surface area contributed by atoms with Crippen molar-refractivity contribution in [1.29, 1.82) is 5.26 Å². The van der Waals surface area contributed by atoms with Gasteiger partial charge < -0.3 is 15.4 Å². The Morgan fingerprint density at radius 1 is 1.32 bits per heavy atom. The van der Waals surface area contributed by atoms with Crippen LogP contribution in [0.4, 0.5) is 34.1 Å². The van der Waals surface area contributed by atoms with E-state index in [-0.39, 0.29) is 34.3 Å². The lowest BCUT2D eigenvalue weighted by Crippen LogP contribution is -2.38. The predicted octanol–water partition coefficient (Wildman–Crippen LogP) is 3.97. The fourth-order valence-corrected chi connectivity index (χ4v) is 4.21. The first-order valence-corrected chi connectivity index (χ1v) is 11.5. The number of imidazole rings is 1. The number of amides is 1. The van der Waals surface area contributed by atoms with Crippen LogP contribution in [-0.2, 0) is 16.1 Å². The molecule has 0 saturated heterocycles. The molecule has 0 bridgehead atoms. The molecule has 15 heteroatoms. The second-order valence-corrected chi connectivity index (χ2v) is 9.36. The predicted molar refractivity (Wildman–Crippen MR) is 118 cm³/mol. The number of rotatable bonds is 7. The number of halogens is 4. The average Bonchev–Trinajstić information content (AvgIpc) is 3.19. The van der Waals surface area contributed by atoms with Crippen LogP contribution in [0.2, 0.25) is 0 Å². The summed E-state index contributed by atoms with van der Waals surface area (Å²) in [5.74, 6) is -0.292. The molecule has 5 rings (SSSR count). The summed E-state index contributed by atoms with van der Waals surface area (Å²) in [5, 5.41) is 21.8. The molecule has 3 N–H and O–H groups in total. The molecule has 1 amide bonds. The minimum atomic E-state index is -4.82. The van der Waals surface area contributed by atoms with E-state index in [1.165, 1.54) is 16.7 Å². The van der Waals surface area contributed by atoms with Gasteiger partial charge in [0.2, 0.25) is 5.95 Å². The number of H-pyrrole nitrogens is 1. The average molecular weight is 522 g/mol. The summed E-state index contributed by atoms with van der Waals surface area (Å²) in [6.07, 6.45) is -4.00. The van der Waals surface area contributed by atoms with Crippen LogP contribution in [0.1, 0.15) is 55.6 Å². The van der Waals surface area contributed by atoms with Crippen LogP contribution in [-0.4, -0.2) is 54.8 Å². The molecule has 0 unspecified atom stereocenters. The summed E-state index contributed by atoms with van der Waals surface area (Å²) < 4.78 is 62.8. The van der Waals surface area contributed by atoms with E-state index in [1.807, 2.05) is 13.0 Å². The van der Waals surface area contributed by atoms with Crippen LogP contribution in [0.5, 0.6) is 0 Å². The number of nitrogens with one attached hydrogen (secondary N) is 3. The Morgan fingerprint density at radius 3 is 2.81 bits per heavy atom. The lowest BCUT2D eigenvalue weighted by molar-refractivity contribution is -0.330. The highest BCUT2D eigenvalue weighted by Crippen LogP contribution is 2.39. The van der Waals surface area contributed by atoms with Crippen molar-refractivity contribution >= 4 is 23.5 Å². The van der Waals surface area contributed by atoms with Gasteiger partial charge in [0.1, 0.15) is 29.7 Å². The smallest absolute Gasteiger partial charge is 0.443 e. The number of carbonyl (C=O) groups is 1. The number of ether oxygens (including phenoxy) is 2. The van der Waals surface area contributed by atoms with Gasteiger partial charge in [-0.15, -0.1) is 13.2 Å². The molecule has 37 heavy (non-hydrogen) atoms. The Labute approximate surface area is 207 Å². The zero-order chi connectivity index (χ0) is 26.4. The first-order chi connectivity index (χ1) is 17.5. The van der Waals surface area contributed by atoms with E-state index in [1.54, 1.807) is 6.07 Å². The monoisotopic (exact) mass is 522 g/mol. The summed E-state index contributed by atoms with van der Waals surface area (Å²) in [4.78, 5) is 20.2. The lowest BCUT2D eigenvalue weighted by atomic mass is 10.0. The van der Waals surface area contributed by atoms with Gasteiger partial charge in [0.15, 0.2) is 5.82 Å². The van der Waals surface area contributed by atoms with Gasteiger partial charge in [0, 0.05) is 35.5 Å². The molecule has 0 aromatic carbocycles. The molecule has 0 aliphatic heterocycles. The van der Waals surface area contributed by atoms with Crippen molar-refractivity contribution in [2.75, 3.05) is 5.32 Å². The fourth-order valence-electron chi connectivity index (χ4n) is 4.21. The number of alkyl halides is 4. The zero-order valence-electron chi connectivity index (χ0n) is 19.5. The molecule has 0 radical (unpaired) electrons. The molecule has 2 saturated carbocycles. The zero-order valence-corrected chi connectivity index (χ0v) is 19.5. The highest BCUT2D eigenvalue weighted by Gasteiger charge is 2.43. The number of nitriles is 1. The van der Waals surface area contributed by atoms with E-state index in [0.717, 1.165) is 12.8 Å². The largest absolute Gasteiger partial charge is 0.522 e. The molecular weight excluding hydrogens is 500 g/mol. The molecule has 0 spiro atoms. The van der Waals surface area contributed by atoms with Crippen LogP contribution in [0.3, 0.4) is 0 Å². The van der Waals surface area contributed by atoms with Gasteiger partial charge in [-0.25, -0.2) is 19.2 Å². The summed E-state index contributed by atoms with van der Waals surface area (Å²) >= 11 is 0. The van der Waals surface area contributed by atoms with Gasteiger partial charge in [-0.1, -0.05) is 0 Å². The number of aromatic amines is 1. The molecule has 11 nitrogen and oxygen atoms in total. The van der Waals surface area contributed by atoms with Gasteiger partial charge in [0.05, 0.1) is 12.3 Å². The highest BCUT2D eigenvalue weighted by molar-refractivity contribution is 5.69. The molecule has 3 aromatic rings. The standard InChI is InChI=1S/C22H22F4N8O3/c1-21(4-5-21)31-20(35)37-15-3-2-13(18(15)23)14-7-16(33-32-14)30-19-29-11(8-27)6-17-28-12(9-34(17)19)10-36-22(24,25)26/h6-7,9,13,15,18H,2-5,10H2,1H3,(H,31,35)(H2,29,30,32,33)/t13-,15-,18+/m0/s1. The van der Waals surface area contributed by atoms with Crippen molar-refractivity contribution in [3.8, 4) is 6.07 Å². The van der Waals surface area contributed by atoms with Crippen LogP contribution >= 0.6 is 0 Å². The molecule has 2 aliphatic carbocycles. The molecule has 2 fully saturated rings. The Morgan fingerprint density at radius 2 is 2.11 bits per heavy atom. The number of hydrogen-bond acceptors (Lipinski definition) is 8. The van der Waals surface area contributed by atoms with E-state index in [0.29, 0.717) is 18.5 Å². The molecule has 3 atom stereocenters. The first kappa shape index (κ1) is 24.8. The summed E-state index contributed by atoms with van der Waals surface area (Å²) in [6.45, 7) is 1.08. The SMILES string of the molecule is CC1(NC(=O)O[C@H]2CC[C@@H](c3cc(Nc4nc(C#N)cc5nc(COC(F)(F)F)cn45)n[nH]3)[C@H]2F)CC1. The Kier molecular flexibility index (Phi) is 6.14. The van der Waals surface area contributed by atoms with Crippen molar-refractivity contribution in [1.82, 2.24) is 29.9 Å². The topological polar surface area (TPSA) is 142 Å². The second-order valence-electron chi connectivity index (χ2n) is 9.36. The van der Waals surface area contributed by atoms with Gasteiger partial charge in [-0.2, -0.15) is 10.4 Å². The summed E-state index contributed by atoms with van der Waals surface area (Å²) in [7, 11) is 0. The van der Waals surface area contributed by atoms with Crippen molar-refractivity contribution in [2.45, 2.75) is 69.3 Å².